The molecule has 8 aliphatic carbocycles. The van der Waals surface area contributed by atoms with Crippen molar-refractivity contribution in [3.8, 4) is 11.8 Å². The first-order chi connectivity index (χ1) is 32.9. The minimum absolute atomic E-state index is 0.00194. The van der Waals surface area contributed by atoms with Crippen molar-refractivity contribution >= 4 is 23.4 Å². The average molecular weight is 949 g/mol. The molecule has 6 saturated carbocycles. The number of aliphatic hydroxyl groups excluding tert-OH is 1. The molecule has 0 spiro atoms. The molecule has 0 aliphatic heterocycles. The Morgan fingerprint density at radius 3 is 2.46 bits per heavy atom. The van der Waals surface area contributed by atoms with Crippen LogP contribution in [0.5, 0.6) is 0 Å². The molecule has 69 heavy (non-hydrogen) atoms. The number of likely N-dealkylation sites (N-methyl/N-ethyl adjacent to an activating group) is 1. The van der Waals surface area contributed by atoms with Crippen molar-refractivity contribution in [3.63, 3.8) is 0 Å². The second-order valence-corrected chi connectivity index (χ2v) is 24.3. The Morgan fingerprint density at radius 2 is 1.72 bits per heavy atom. The summed E-state index contributed by atoms with van der Waals surface area (Å²) in [7, 11) is 2.14. The molecule has 0 bridgehead atoms. The Kier molecular flexibility index (Phi) is 14.5. The van der Waals surface area contributed by atoms with Crippen LogP contribution >= 0.6 is 0 Å². The first-order valence-corrected chi connectivity index (χ1v) is 27.3. The summed E-state index contributed by atoms with van der Waals surface area (Å²) in [6, 6.07) is 9.09. The molecule has 8 aliphatic rings. The number of ether oxygens (including phenoxy) is 2. The molecule has 6 fully saturated rings. The lowest BCUT2D eigenvalue weighted by atomic mass is 9.43. The maximum absolute atomic E-state index is 13.5. The van der Waals surface area contributed by atoms with Crippen molar-refractivity contribution in [2.75, 3.05) is 31.6 Å². The minimum atomic E-state index is -1.000. The highest BCUT2D eigenvalue weighted by Crippen LogP contribution is 2.70. The van der Waals surface area contributed by atoms with Crippen LogP contribution in [0.2, 0.25) is 0 Å². The zero-order chi connectivity index (χ0) is 49.0. The Bertz CT molecular complexity index is 2230. The van der Waals surface area contributed by atoms with Crippen molar-refractivity contribution in [1.82, 2.24) is 0 Å². The summed E-state index contributed by atoms with van der Waals surface area (Å²) in [5, 5.41) is 33.9. The fourth-order valence-corrected chi connectivity index (χ4v) is 17.4. The molecule has 0 unspecified atom stereocenters. The summed E-state index contributed by atoms with van der Waals surface area (Å²) < 4.78 is 13.4. The molecule has 16 atom stereocenters. The predicted molar refractivity (Wildman–Crippen MR) is 269 cm³/mol. The summed E-state index contributed by atoms with van der Waals surface area (Å²) in [5.74, 6) is 7.98. The van der Waals surface area contributed by atoms with Gasteiger partial charge in [-0.05, 0) is 203 Å². The van der Waals surface area contributed by atoms with E-state index < -0.39 is 17.7 Å². The number of benzene rings is 1. The summed E-state index contributed by atoms with van der Waals surface area (Å²) >= 11 is 0. The number of aliphatic hydroxyl groups is 2. The Morgan fingerprint density at radius 1 is 0.942 bits per heavy atom. The number of esters is 1. The van der Waals surface area contributed by atoms with Crippen LogP contribution in [0.25, 0.3) is 0 Å². The van der Waals surface area contributed by atoms with Gasteiger partial charge in [-0.25, -0.2) is 0 Å². The summed E-state index contributed by atoms with van der Waals surface area (Å²) in [4.78, 5) is 40.0. The van der Waals surface area contributed by atoms with Crippen LogP contribution in [0.15, 0.2) is 47.1 Å². The second kappa shape index (κ2) is 19.8. The van der Waals surface area contributed by atoms with Crippen LogP contribution in [0, 0.1) is 75.4 Å². The van der Waals surface area contributed by atoms with E-state index in [0.29, 0.717) is 63.0 Å². The van der Waals surface area contributed by atoms with Gasteiger partial charge in [0, 0.05) is 55.8 Å². The topological polar surface area (TPSA) is 160 Å². The number of nitrogens with two attached hydrogens (primary N) is 1. The molecule has 1 aromatic rings. The van der Waals surface area contributed by atoms with Crippen LogP contribution in [-0.2, 0) is 23.9 Å². The molecule has 5 N–H and O–H groups in total. The smallest absolute Gasteiger partial charge is 0.306 e. The lowest BCUT2D eigenvalue weighted by Gasteiger charge is -2.64. The number of nitrogens with zero attached hydrogens (tertiary/aromatic N) is 1. The van der Waals surface area contributed by atoms with Crippen molar-refractivity contribution < 1.29 is 39.2 Å². The fourth-order valence-electron chi connectivity index (χ4n) is 17.4. The number of ketones is 1. The minimum Gasteiger partial charge on any atom is -0.481 e. The number of aliphatic carboxylic acids is 1. The molecule has 1 aromatic carbocycles. The molecule has 0 amide bonds. The van der Waals surface area contributed by atoms with Gasteiger partial charge in [0.25, 0.3) is 0 Å². The van der Waals surface area contributed by atoms with Gasteiger partial charge in [0.2, 0.25) is 0 Å². The SMILES string of the molecule is CC#C[C@]1(O)CC[C@H]2[C@@H]3CCC4=CC(=O)CCC4=C3[C@@H](c3ccc(N(C)CCO[C@H]4CC[C@@]5(C)[C@@H](C4)C[C@@H](OC(=O)CCCCN)[C@@H]4[C@@H]5C[C@H](O)[C@]5(C)[C@@H]([C@H](C)CCC(=O)O)CC[C@@H]45)cc3)C[C@@]21C. The number of unbranched alkanes of at least 4 members (excludes halogenated alkanes) is 1. The standard InChI is InChI=1S/C59H84N2O8/c1-7-25-59(67)27-24-47-44-18-14-38-31-41(62)17-19-43(38)54(44)45(35-57(47,59)4)37-12-15-40(16-13-37)61(6)29-30-68-42-23-26-56(3)39(32-42)33-50(69-53(66)10-8-9-28-60)55-48-21-20-46(36(2)11-22-52(64)65)58(48,5)51(63)34-49(55)56/h12-13,15-16,31,36,39,42,44-51,55,63,67H,8-11,14,17-24,26-30,32-35,60H2,1-6H3,(H,64,65)/t36-,39+,42+,44+,45-,46-,47+,48+,49+,50-,51+,55+,56+,57+,58-,59+/m1/s1. The van der Waals surface area contributed by atoms with E-state index in [9.17, 15) is 29.7 Å². The lowest BCUT2D eigenvalue weighted by Crippen LogP contribution is -2.63. The number of carbonyl (C=O) groups is 3. The highest BCUT2D eigenvalue weighted by molar-refractivity contribution is 5.93. The number of allylic oxidation sites excluding steroid dienone is 4. The van der Waals surface area contributed by atoms with E-state index in [1.165, 1.54) is 22.3 Å². The van der Waals surface area contributed by atoms with Crippen molar-refractivity contribution in [3.05, 3.63) is 52.6 Å². The van der Waals surface area contributed by atoms with Crippen LogP contribution in [0.1, 0.15) is 168 Å². The monoisotopic (exact) mass is 949 g/mol. The molecule has 378 valence electrons. The summed E-state index contributed by atoms with van der Waals surface area (Å²) in [6.07, 6.45) is 16.2. The Hall–Kier alpha value is -3.49. The number of hydrogen-bond donors (Lipinski definition) is 4. The first-order valence-electron chi connectivity index (χ1n) is 27.3. The van der Waals surface area contributed by atoms with Gasteiger partial charge in [-0.3, -0.25) is 14.4 Å². The molecule has 0 aromatic heterocycles. The third-order valence-corrected chi connectivity index (χ3v) is 21.1. The number of anilines is 1. The Labute approximate surface area is 413 Å². The van der Waals surface area contributed by atoms with E-state index >= 15 is 0 Å². The highest BCUT2D eigenvalue weighted by atomic mass is 16.5. The normalized spacial score (nSPS) is 40.4. The van der Waals surface area contributed by atoms with Crippen molar-refractivity contribution in [1.29, 1.82) is 0 Å². The third kappa shape index (κ3) is 8.98. The molecule has 0 heterocycles. The second-order valence-electron chi connectivity index (χ2n) is 24.3. The number of carboxylic acid groups (broad SMARTS) is 1. The van der Waals surface area contributed by atoms with Crippen LogP contribution in [0.3, 0.4) is 0 Å². The van der Waals surface area contributed by atoms with Crippen LogP contribution in [0.4, 0.5) is 5.69 Å². The molecule has 9 rings (SSSR count). The fraction of sp³-hybridized carbons (Fsp3) is 0.746. The summed E-state index contributed by atoms with van der Waals surface area (Å²) in [6.45, 7) is 12.9. The summed E-state index contributed by atoms with van der Waals surface area (Å²) in [5.41, 5.74) is 10.7. The maximum atomic E-state index is 13.5. The average Bonchev–Trinajstić information content (AvgIpc) is 3.81. The van der Waals surface area contributed by atoms with Gasteiger partial charge in [-0.2, -0.15) is 0 Å². The van der Waals surface area contributed by atoms with Crippen molar-refractivity contribution in [2.45, 2.75) is 186 Å². The number of carbonyl (C=O) groups excluding carboxylic acids is 2. The van der Waals surface area contributed by atoms with Gasteiger partial charge in [0.05, 0.1) is 18.8 Å². The van der Waals surface area contributed by atoms with Crippen molar-refractivity contribution in [2.24, 2.45) is 69.3 Å². The Balaban J connectivity index is 0.873. The lowest BCUT2D eigenvalue weighted by molar-refractivity contribution is -0.219. The number of rotatable bonds is 15. The van der Waals surface area contributed by atoms with Gasteiger partial charge < -0.3 is 35.4 Å². The molecule has 10 nitrogen and oxygen atoms in total. The zero-order valence-corrected chi connectivity index (χ0v) is 42.8. The highest BCUT2D eigenvalue weighted by Gasteiger charge is 2.67. The number of carboxylic acids is 1. The molecule has 10 heteroatoms. The molecule has 0 saturated heterocycles. The van der Waals surface area contributed by atoms with Crippen LogP contribution < -0.4 is 10.6 Å². The van der Waals surface area contributed by atoms with E-state index in [0.717, 1.165) is 95.7 Å². The van der Waals surface area contributed by atoms with E-state index in [1.54, 1.807) is 0 Å². The first kappa shape index (κ1) is 50.5. The molecular formula is C59H84N2O8. The molecule has 0 radical (unpaired) electrons. The predicted octanol–water partition coefficient (Wildman–Crippen LogP) is 9.94. The van der Waals surface area contributed by atoms with Gasteiger partial charge in [-0.1, -0.05) is 51.3 Å². The number of fused-ring (bicyclic) bond motifs is 9. The van der Waals surface area contributed by atoms with Gasteiger partial charge in [0.15, 0.2) is 5.78 Å². The number of hydrogen-bond acceptors (Lipinski definition) is 9. The van der Waals surface area contributed by atoms with Gasteiger partial charge >= 0.3 is 11.9 Å². The maximum Gasteiger partial charge on any atom is 0.306 e. The van der Waals surface area contributed by atoms with E-state index in [4.69, 9.17) is 15.2 Å². The van der Waals surface area contributed by atoms with E-state index in [1.807, 2.05) is 13.0 Å². The van der Waals surface area contributed by atoms with E-state index in [2.05, 4.69) is 75.7 Å². The van der Waals surface area contributed by atoms with Crippen LogP contribution in [-0.4, -0.2) is 83.7 Å². The van der Waals surface area contributed by atoms with Gasteiger partial charge in [-0.15, -0.1) is 5.92 Å². The van der Waals surface area contributed by atoms with Gasteiger partial charge in [0.1, 0.15) is 11.7 Å². The quantitative estimate of drug-likeness (QED) is 0.0758. The molecular weight excluding hydrogens is 865 g/mol. The van der Waals surface area contributed by atoms with E-state index in [-0.39, 0.29) is 82.1 Å². The zero-order valence-electron chi connectivity index (χ0n) is 42.8. The third-order valence-electron chi connectivity index (χ3n) is 21.1. The largest absolute Gasteiger partial charge is 0.481 e.